The van der Waals surface area contributed by atoms with Crippen molar-refractivity contribution >= 4 is 0 Å². The third-order valence-electron chi connectivity index (χ3n) is 4.17. The van der Waals surface area contributed by atoms with Gasteiger partial charge in [0.25, 0.3) is 0 Å². The zero-order valence-electron chi connectivity index (χ0n) is 11.1. The Hall–Kier alpha value is -1.02. The third kappa shape index (κ3) is 3.01. The molecule has 1 fully saturated rings. The number of benzene rings is 1. The molecule has 1 aliphatic rings. The van der Waals surface area contributed by atoms with Crippen molar-refractivity contribution in [1.82, 2.24) is 5.32 Å². The number of ether oxygens (including phenoxy) is 1. The molecule has 0 heterocycles. The van der Waals surface area contributed by atoms with E-state index in [0.717, 1.165) is 24.1 Å². The van der Waals surface area contributed by atoms with Crippen molar-refractivity contribution < 1.29 is 4.74 Å². The van der Waals surface area contributed by atoms with E-state index in [2.05, 4.69) is 37.4 Å². The van der Waals surface area contributed by atoms with Crippen LogP contribution in [0.3, 0.4) is 0 Å². The zero-order chi connectivity index (χ0) is 12.3. The van der Waals surface area contributed by atoms with Crippen LogP contribution in [0.1, 0.15) is 32.3 Å². The Kier molecular flexibility index (Phi) is 4.06. The van der Waals surface area contributed by atoms with Gasteiger partial charge in [0.2, 0.25) is 0 Å². The molecule has 2 rings (SSSR count). The van der Waals surface area contributed by atoms with Crippen LogP contribution in [0, 0.1) is 11.8 Å². The summed E-state index contributed by atoms with van der Waals surface area (Å²) in [7, 11) is 1.72. The number of nitrogens with one attached hydrogen (secondary N) is 1. The quantitative estimate of drug-likeness (QED) is 0.862. The SMILES string of the molecule is COc1cccc(CNC2CCC(C)C2C)c1. The number of hydrogen-bond donors (Lipinski definition) is 1. The smallest absolute Gasteiger partial charge is 0.119 e. The van der Waals surface area contributed by atoms with E-state index in [4.69, 9.17) is 4.74 Å². The monoisotopic (exact) mass is 233 g/mol. The van der Waals surface area contributed by atoms with Crippen LogP contribution < -0.4 is 10.1 Å². The Morgan fingerprint density at radius 2 is 2.12 bits per heavy atom. The van der Waals surface area contributed by atoms with Crippen LogP contribution in [0.5, 0.6) is 5.75 Å². The summed E-state index contributed by atoms with van der Waals surface area (Å²) in [5.74, 6) is 2.59. The molecular weight excluding hydrogens is 210 g/mol. The topological polar surface area (TPSA) is 21.3 Å². The molecule has 1 aromatic carbocycles. The highest BCUT2D eigenvalue weighted by atomic mass is 16.5. The summed E-state index contributed by atoms with van der Waals surface area (Å²) >= 11 is 0. The lowest BCUT2D eigenvalue weighted by atomic mass is 9.98. The van der Waals surface area contributed by atoms with Gasteiger partial charge in [0, 0.05) is 12.6 Å². The minimum absolute atomic E-state index is 0.677. The van der Waals surface area contributed by atoms with Gasteiger partial charge in [-0.1, -0.05) is 26.0 Å². The van der Waals surface area contributed by atoms with Gasteiger partial charge in [-0.05, 0) is 42.4 Å². The second-order valence-corrected chi connectivity index (χ2v) is 5.25. The van der Waals surface area contributed by atoms with E-state index in [0.29, 0.717) is 6.04 Å². The fourth-order valence-electron chi connectivity index (χ4n) is 2.68. The molecule has 0 amide bonds. The van der Waals surface area contributed by atoms with Gasteiger partial charge in [-0.2, -0.15) is 0 Å². The molecule has 1 N–H and O–H groups in total. The average Bonchev–Trinajstić information content (AvgIpc) is 2.68. The predicted octanol–water partition coefficient (Wildman–Crippen LogP) is 3.22. The van der Waals surface area contributed by atoms with Crippen LogP contribution in [0.15, 0.2) is 24.3 Å². The lowest BCUT2D eigenvalue weighted by molar-refractivity contribution is 0.369. The number of hydrogen-bond acceptors (Lipinski definition) is 2. The van der Waals surface area contributed by atoms with Crippen molar-refractivity contribution in [3.8, 4) is 5.75 Å². The zero-order valence-corrected chi connectivity index (χ0v) is 11.1. The molecule has 0 radical (unpaired) electrons. The lowest BCUT2D eigenvalue weighted by Crippen LogP contribution is -2.31. The fraction of sp³-hybridized carbons (Fsp3) is 0.600. The van der Waals surface area contributed by atoms with Crippen molar-refractivity contribution in [2.24, 2.45) is 11.8 Å². The highest BCUT2D eigenvalue weighted by Crippen LogP contribution is 2.31. The molecule has 1 aromatic rings. The predicted molar refractivity (Wildman–Crippen MR) is 71.2 cm³/mol. The number of rotatable bonds is 4. The molecule has 0 spiro atoms. The first-order valence-electron chi connectivity index (χ1n) is 6.57. The lowest BCUT2D eigenvalue weighted by Gasteiger charge is -2.19. The molecule has 2 heteroatoms. The molecule has 94 valence electrons. The minimum Gasteiger partial charge on any atom is -0.497 e. The normalized spacial score (nSPS) is 28.3. The summed E-state index contributed by atoms with van der Waals surface area (Å²) in [6.07, 6.45) is 2.67. The van der Waals surface area contributed by atoms with Gasteiger partial charge in [0.05, 0.1) is 7.11 Å². The van der Waals surface area contributed by atoms with E-state index < -0.39 is 0 Å². The van der Waals surface area contributed by atoms with Crippen LogP contribution in [0.25, 0.3) is 0 Å². The van der Waals surface area contributed by atoms with Crippen molar-refractivity contribution in [2.75, 3.05) is 7.11 Å². The van der Waals surface area contributed by atoms with Crippen LogP contribution in [0.4, 0.5) is 0 Å². The first kappa shape index (κ1) is 12.4. The van der Waals surface area contributed by atoms with Crippen molar-refractivity contribution in [2.45, 2.75) is 39.3 Å². The molecule has 1 aliphatic carbocycles. The van der Waals surface area contributed by atoms with Gasteiger partial charge >= 0.3 is 0 Å². The molecule has 3 unspecified atom stereocenters. The molecule has 1 saturated carbocycles. The Morgan fingerprint density at radius 3 is 2.76 bits per heavy atom. The summed E-state index contributed by atoms with van der Waals surface area (Å²) in [5, 5.41) is 3.67. The van der Waals surface area contributed by atoms with Crippen molar-refractivity contribution in [3.63, 3.8) is 0 Å². The van der Waals surface area contributed by atoms with Gasteiger partial charge in [-0.3, -0.25) is 0 Å². The highest BCUT2D eigenvalue weighted by molar-refractivity contribution is 5.28. The molecule has 0 bridgehead atoms. The van der Waals surface area contributed by atoms with Crippen molar-refractivity contribution in [1.29, 1.82) is 0 Å². The molecule has 0 saturated heterocycles. The number of methoxy groups -OCH3 is 1. The third-order valence-corrected chi connectivity index (χ3v) is 4.17. The van der Waals surface area contributed by atoms with E-state index in [1.54, 1.807) is 7.11 Å². The molecule has 17 heavy (non-hydrogen) atoms. The molecule has 3 atom stereocenters. The molecular formula is C15H23NO. The maximum absolute atomic E-state index is 5.24. The second kappa shape index (κ2) is 5.54. The maximum Gasteiger partial charge on any atom is 0.119 e. The minimum atomic E-state index is 0.677. The Balaban J connectivity index is 1.89. The van der Waals surface area contributed by atoms with Gasteiger partial charge in [0.15, 0.2) is 0 Å². The highest BCUT2D eigenvalue weighted by Gasteiger charge is 2.28. The molecule has 2 nitrogen and oxygen atoms in total. The maximum atomic E-state index is 5.24. The van der Waals surface area contributed by atoms with E-state index in [9.17, 15) is 0 Å². The Labute approximate surface area is 104 Å². The molecule has 0 aromatic heterocycles. The Bertz CT molecular complexity index is 364. The largest absolute Gasteiger partial charge is 0.497 e. The van der Waals surface area contributed by atoms with Gasteiger partial charge < -0.3 is 10.1 Å². The van der Waals surface area contributed by atoms with Gasteiger partial charge in [0.1, 0.15) is 5.75 Å². The first-order valence-corrected chi connectivity index (χ1v) is 6.57. The van der Waals surface area contributed by atoms with Crippen LogP contribution in [0.2, 0.25) is 0 Å². The standard InChI is InChI=1S/C15H23NO/c1-11-7-8-15(12(11)2)16-10-13-5-4-6-14(9-13)17-3/h4-6,9,11-12,15-16H,7-8,10H2,1-3H3. The second-order valence-electron chi connectivity index (χ2n) is 5.25. The van der Waals surface area contributed by atoms with E-state index in [1.807, 2.05) is 6.07 Å². The van der Waals surface area contributed by atoms with Crippen LogP contribution >= 0.6 is 0 Å². The van der Waals surface area contributed by atoms with E-state index >= 15 is 0 Å². The molecule has 0 aliphatic heterocycles. The summed E-state index contributed by atoms with van der Waals surface area (Å²) in [5.41, 5.74) is 1.30. The summed E-state index contributed by atoms with van der Waals surface area (Å²) in [4.78, 5) is 0. The van der Waals surface area contributed by atoms with Crippen LogP contribution in [-0.2, 0) is 6.54 Å². The van der Waals surface area contributed by atoms with Gasteiger partial charge in [-0.15, -0.1) is 0 Å². The Morgan fingerprint density at radius 1 is 1.29 bits per heavy atom. The summed E-state index contributed by atoms with van der Waals surface area (Å²) < 4.78 is 5.24. The summed E-state index contributed by atoms with van der Waals surface area (Å²) in [6.45, 7) is 5.66. The average molecular weight is 233 g/mol. The first-order chi connectivity index (χ1) is 8.20. The van der Waals surface area contributed by atoms with Crippen molar-refractivity contribution in [3.05, 3.63) is 29.8 Å². The van der Waals surface area contributed by atoms with E-state index in [-0.39, 0.29) is 0 Å². The fourth-order valence-corrected chi connectivity index (χ4v) is 2.68. The van der Waals surface area contributed by atoms with E-state index in [1.165, 1.54) is 18.4 Å². The van der Waals surface area contributed by atoms with Gasteiger partial charge in [-0.25, -0.2) is 0 Å². The van der Waals surface area contributed by atoms with Crippen LogP contribution in [-0.4, -0.2) is 13.2 Å². The summed E-state index contributed by atoms with van der Waals surface area (Å²) in [6, 6.07) is 8.98.